The highest BCUT2D eigenvalue weighted by Crippen LogP contribution is 2.35. The van der Waals surface area contributed by atoms with E-state index in [2.05, 4.69) is 4.98 Å². The summed E-state index contributed by atoms with van der Waals surface area (Å²) in [5.41, 5.74) is 0.101. The molecule has 2 aromatic rings. The van der Waals surface area contributed by atoms with Gasteiger partial charge in [-0.1, -0.05) is 0 Å². The highest BCUT2D eigenvalue weighted by Gasteiger charge is 2.32. The lowest BCUT2D eigenvalue weighted by atomic mass is 9.98. The number of fused-ring (bicyclic) bond motifs is 1. The molecule has 0 N–H and O–H groups in total. The van der Waals surface area contributed by atoms with Crippen LogP contribution in [0.25, 0.3) is 0 Å². The second-order valence-corrected chi connectivity index (χ2v) is 7.65. The van der Waals surface area contributed by atoms with E-state index in [1.165, 1.54) is 23.1 Å². The van der Waals surface area contributed by atoms with Gasteiger partial charge in [0.1, 0.15) is 12.3 Å². The van der Waals surface area contributed by atoms with Crippen molar-refractivity contribution in [3.05, 3.63) is 44.9 Å². The van der Waals surface area contributed by atoms with Crippen LogP contribution in [0.2, 0.25) is 0 Å². The van der Waals surface area contributed by atoms with Crippen molar-refractivity contribution in [3.63, 3.8) is 0 Å². The number of anilines is 1. The molecule has 9 nitrogen and oxygen atoms in total. The minimum Gasteiger partial charge on any atom is -0.482 e. The average molecular weight is 402 g/mol. The molecule has 1 saturated heterocycles. The number of hydrogen-bond donors (Lipinski definition) is 0. The van der Waals surface area contributed by atoms with E-state index in [-0.39, 0.29) is 36.4 Å². The van der Waals surface area contributed by atoms with Crippen molar-refractivity contribution in [1.29, 1.82) is 0 Å². The van der Waals surface area contributed by atoms with Crippen LogP contribution in [0.1, 0.15) is 23.8 Å². The molecule has 0 aliphatic carbocycles. The molecular weight excluding hydrogens is 384 g/mol. The number of aromatic nitrogens is 1. The molecule has 2 aliphatic heterocycles. The fourth-order valence-corrected chi connectivity index (χ4v) is 4.32. The zero-order valence-corrected chi connectivity index (χ0v) is 15.8. The monoisotopic (exact) mass is 402 g/mol. The summed E-state index contributed by atoms with van der Waals surface area (Å²) in [6.07, 6.45) is 3.61. The molecule has 10 heteroatoms. The first-order valence-electron chi connectivity index (χ1n) is 8.91. The molecule has 0 saturated carbocycles. The standard InChI is InChI=1S/C18H18N4O5S/c23-16(20-6-1-2-12(9-20)18-19-5-7-28-18)10-21-14-8-13(22(25)26)3-4-15(14)27-11-17(21)24/h3-5,7-8,12H,1-2,6,9-11H2. The number of carbonyl (C=O) groups is 2. The van der Waals surface area contributed by atoms with Crippen LogP contribution in [0, 0.1) is 10.1 Å². The lowest BCUT2D eigenvalue weighted by Crippen LogP contribution is -2.48. The SMILES string of the molecule is O=C(CN1C(=O)COc2ccc([N+](=O)[O-])cc21)N1CCCC(c2nccs2)C1. The minimum absolute atomic E-state index is 0.156. The number of thiazole rings is 1. The van der Waals surface area contributed by atoms with Gasteiger partial charge < -0.3 is 9.64 Å². The Bertz CT molecular complexity index is 917. The first-order chi connectivity index (χ1) is 13.5. The lowest BCUT2D eigenvalue weighted by molar-refractivity contribution is -0.384. The number of ether oxygens (including phenoxy) is 1. The van der Waals surface area contributed by atoms with E-state index in [1.54, 1.807) is 22.4 Å². The van der Waals surface area contributed by atoms with Gasteiger partial charge in [0, 0.05) is 42.7 Å². The van der Waals surface area contributed by atoms with Crippen molar-refractivity contribution < 1.29 is 19.2 Å². The number of nitro groups is 1. The highest BCUT2D eigenvalue weighted by atomic mass is 32.1. The van der Waals surface area contributed by atoms with Crippen molar-refractivity contribution in [2.75, 3.05) is 31.1 Å². The largest absolute Gasteiger partial charge is 0.482 e. The topological polar surface area (TPSA) is 106 Å². The van der Waals surface area contributed by atoms with Gasteiger partial charge in [-0.2, -0.15) is 0 Å². The predicted octanol–water partition coefficient (Wildman–Crippen LogP) is 2.18. The van der Waals surface area contributed by atoms with E-state index >= 15 is 0 Å². The van der Waals surface area contributed by atoms with E-state index in [0.717, 1.165) is 17.8 Å². The number of nitrogens with zero attached hydrogens (tertiary/aromatic N) is 4. The summed E-state index contributed by atoms with van der Waals surface area (Å²) in [7, 11) is 0. The van der Waals surface area contributed by atoms with Crippen LogP contribution in [-0.2, 0) is 9.59 Å². The first-order valence-corrected chi connectivity index (χ1v) is 9.79. The predicted molar refractivity (Wildman–Crippen MR) is 102 cm³/mol. The Morgan fingerprint density at radius 3 is 3.04 bits per heavy atom. The molecule has 0 radical (unpaired) electrons. The smallest absolute Gasteiger partial charge is 0.271 e. The zero-order valence-electron chi connectivity index (χ0n) is 14.9. The Hall–Kier alpha value is -3.01. The number of piperidine rings is 1. The van der Waals surface area contributed by atoms with Gasteiger partial charge in [-0.15, -0.1) is 11.3 Å². The molecule has 1 aromatic carbocycles. The summed E-state index contributed by atoms with van der Waals surface area (Å²) in [4.78, 5) is 43.2. The van der Waals surface area contributed by atoms with Gasteiger partial charge in [-0.3, -0.25) is 24.6 Å². The Labute approximate surface area is 164 Å². The van der Waals surface area contributed by atoms with Crippen LogP contribution < -0.4 is 9.64 Å². The van der Waals surface area contributed by atoms with Crippen LogP contribution in [-0.4, -0.2) is 52.9 Å². The molecule has 0 bridgehead atoms. The molecule has 4 rings (SSSR count). The quantitative estimate of drug-likeness (QED) is 0.573. The third-order valence-electron chi connectivity index (χ3n) is 4.96. The Morgan fingerprint density at radius 1 is 1.43 bits per heavy atom. The van der Waals surface area contributed by atoms with Crippen molar-refractivity contribution >= 4 is 34.5 Å². The molecule has 1 unspecified atom stereocenters. The second kappa shape index (κ2) is 7.55. The van der Waals surface area contributed by atoms with E-state index < -0.39 is 10.8 Å². The summed E-state index contributed by atoms with van der Waals surface area (Å²) in [6.45, 7) is 0.828. The Morgan fingerprint density at radius 2 is 2.29 bits per heavy atom. The number of nitro benzene ring substituents is 1. The summed E-state index contributed by atoms with van der Waals surface area (Å²) in [5, 5.41) is 14.0. The van der Waals surface area contributed by atoms with Crippen LogP contribution in [0.3, 0.4) is 0 Å². The van der Waals surface area contributed by atoms with Gasteiger partial charge in [0.05, 0.1) is 15.6 Å². The number of rotatable bonds is 4. The fourth-order valence-electron chi connectivity index (χ4n) is 3.55. The number of benzene rings is 1. The van der Waals surface area contributed by atoms with Crippen molar-refractivity contribution in [2.45, 2.75) is 18.8 Å². The first kappa shape index (κ1) is 18.4. The molecule has 2 aliphatic rings. The fraction of sp³-hybridized carbons (Fsp3) is 0.389. The van der Waals surface area contributed by atoms with Crippen LogP contribution >= 0.6 is 11.3 Å². The van der Waals surface area contributed by atoms with Crippen LogP contribution in [0.4, 0.5) is 11.4 Å². The highest BCUT2D eigenvalue weighted by molar-refractivity contribution is 7.09. The molecule has 2 amide bonds. The van der Waals surface area contributed by atoms with E-state index in [0.29, 0.717) is 18.8 Å². The van der Waals surface area contributed by atoms with Crippen molar-refractivity contribution in [2.24, 2.45) is 0 Å². The second-order valence-electron chi connectivity index (χ2n) is 6.73. The van der Waals surface area contributed by atoms with Gasteiger partial charge in [0.15, 0.2) is 6.61 Å². The number of amides is 2. The van der Waals surface area contributed by atoms with Gasteiger partial charge in [-0.25, -0.2) is 4.98 Å². The third kappa shape index (κ3) is 3.55. The van der Waals surface area contributed by atoms with E-state index in [9.17, 15) is 19.7 Å². The molecule has 1 atom stereocenters. The number of non-ortho nitro benzene ring substituents is 1. The summed E-state index contributed by atoms with van der Waals surface area (Å²) in [6, 6.07) is 4.04. The van der Waals surface area contributed by atoms with E-state index in [1.807, 2.05) is 5.38 Å². The Balaban J connectivity index is 1.52. The zero-order chi connectivity index (χ0) is 19.7. The molecule has 1 aromatic heterocycles. The maximum Gasteiger partial charge on any atom is 0.271 e. The summed E-state index contributed by atoms with van der Waals surface area (Å²) >= 11 is 1.58. The molecule has 0 spiro atoms. The van der Waals surface area contributed by atoms with Crippen molar-refractivity contribution in [1.82, 2.24) is 9.88 Å². The number of hydrogen-bond acceptors (Lipinski definition) is 7. The summed E-state index contributed by atoms with van der Waals surface area (Å²) < 4.78 is 5.35. The number of carbonyl (C=O) groups excluding carboxylic acids is 2. The molecule has 1 fully saturated rings. The van der Waals surface area contributed by atoms with Crippen molar-refractivity contribution in [3.8, 4) is 5.75 Å². The maximum absolute atomic E-state index is 12.9. The van der Waals surface area contributed by atoms with Crippen LogP contribution in [0.15, 0.2) is 29.8 Å². The van der Waals surface area contributed by atoms with Gasteiger partial charge in [0.25, 0.3) is 11.6 Å². The van der Waals surface area contributed by atoms with Gasteiger partial charge >= 0.3 is 0 Å². The molecule has 3 heterocycles. The average Bonchev–Trinajstić information content (AvgIpc) is 3.24. The molecule has 28 heavy (non-hydrogen) atoms. The van der Waals surface area contributed by atoms with Gasteiger partial charge in [0.2, 0.25) is 5.91 Å². The lowest BCUT2D eigenvalue weighted by Gasteiger charge is -2.34. The van der Waals surface area contributed by atoms with Crippen LogP contribution in [0.5, 0.6) is 5.75 Å². The molecular formula is C18H18N4O5S. The normalized spacial score (nSPS) is 19.1. The Kier molecular flexibility index (Phi) is 4.95. The van der Waals surface area contributed by atoms with Gasteiger partial charge in [-0.05, 0) is 18.9 Å². The minimum atomic E-state index is -0.539. The van der Waals surface area contributed by atoms with E-state index in [4.69, 9.17) is 4.74 Å². The molecule has 146 valence electrons. The number of likely N-dealkylation sites (tertiary alicyclic amines) is 1. The maximum atomic E-state index is 12.9. The third-order valence-corrected chi connectivity index (χ3v) is 5.90. The summed E-state index contributed by atoms with van der Waals surface area (Å²) in [5.74, 6) is -0.0208.